The van der Waals surface area contributed by atoms with Crippen LogP contribution < -0.4 is 9.64 Å². The van der Waals surface area contributed by atoms with Crippen LogP contribution in [0.25, 0.3) is 11.2 Å². The normalized spacial score (nSPS) is 15.9. The second-order valence-electron chi connectivity index (χ2n) is 6.82. The third-order valence-corrected chi connectivity index (χ3v) is 4.71. The highest BCUT2D eigenvalue weighted by molar-refractivity contribution is 5.71. The highest BCUT2D eigenvalue weighted by Crippen LogP contribution is 2.29. The molecule has 12 heteroatoms. The van der Waals surface area contributed by atoms with Crippen molar-refractivity contribution in [1.82, 2.24) is 24.7 Å². The van der Waals surface area contributed by atoms with Gasteiger partial charge in [-0.25, -0.2) is 28.4 Å². The van der Waals surface area contributed by atoms with Gasteiger partial charge in [0.1, 0.15) is 29.7 Å². The van der Waals surface area contributed by atoms with Crippen LogP contribution in [0.3, 0.4) is 0 Å². The molecule has 0 radical (unpaired) electrons. The molecule has 3 aromatic heterocycles. The van der Waals surface area contributed by atoms with Gasteiger partial charge in [0.15, 0.2) is 5.65 Å². The topological polar surface area (TPSA) is 69.0 Å². The van der Waals surface area contributed by atoms with Crippen molar-refractivity contribution in [1.29, 1.82) is 0 Å². The van der Waals surface area contributed by atoms with E-state index in [1.807, 2.05) is 4.90 Å². The van der Waals surface area contributed by atoms with E-state index in [-0.39, 0.29) is 17.6 Å². The maximum atomic E-state index is 12.8. The average Bonchev–Trinajstić information content (AvgIpc) is 3.10. The van der Waals surface area contributed by atoms with E-state index in [0.717, 1.165) is 10.7 Å². The van der Waals surface area contributed by atoms with Gasteiger partial charge in [-0.15, -0.1) is 0 Å². The second kappa shape index (κ2) is 8.00. The predicted molar refractivity (Wildman–Crippen MR) is 96.4 cm³/mol. The molecule has 1 fully saturated rings. The Hall–Kier alpha value is -3.05. The lowest BCUT2D eigenvalue weighted by atomic mass is 10.1. The van der Waals surface area contributed by atoms with Gasteiger partial charge >= 0.3 is 6.18 Å². The molecular formula is C18H17F5N6O. The molecule has 1 aliphatic heterocycles. The number of aromatic nitrogens is 5. The van der Waals surface area contributed by atoms with Crippen molar-refractivity contribution in [2.75, 3.05) is 18.0 Å². The minimum Gasteiger partial charge on any atom is -0.474 e. The third-order valence-electron chi connectivity index (χ3n) is 4.71. The number of fused-ring (bicyclic) bond motifs is 1. The van der Waals surface area contributed by atoms with Gasteiger partial charge in [0.25, 0.3) is 6.43 Å². The van der Waals surface area contributed by atoms with Crippen molar-refractivity contribution in [3.8, 4) is 5.88 Å². The number of halogens is 5. The number of hydrogen-bond donors (Lipinski definition) is 0. The van der Waals surface area contributed by atoms with Crippen LogP contribution in [-0.2, 0) is 12.7 Å². The zero-order valence-corrected chi connectivity index (χ0v) is 15.6. The summed E-state index contributed by atoms with van der Waals surface area (Å²) < 4.78 is 70.5. The lowest BCUT2D eigenvalue weighted by molar-refractivity contribution is -0.141. The van der Waals surface area contributed by atoms with Crippen molar-refractivity contribution in [3.05, 3.63) is 36.3 Å². The predicted octanol–water partition coefficient (Wildman–Crippen LogP) is 3.55. The Morgan fingerprint density at radius 1 is 1.10 bits per heavy atom. The summed E-state index contributed by atoms with van der Waals surface area (Å²) in [6.45, 7) is 0.473. The average molecular weight is 428 g/mol. The Kier molecular flexibility index (Phi) is 5.39. The number of ether oxygens (including phenoxy) is 1. The van der Waals surface area contributed by atoms with Crippen molar-refractivity contribution in [3.63, 3.8) is 0 Å². The molecule has 0 N–H and O–H groups in total. The van der Waals surface area contributed by atoms with E-state index in [1.165, 1.54) is 18.3 Å². The van der Waals surface area contributed by atoms with Gasteiger partial charge in [0, 0.05) is 32.0 Å². The molecule has 160 valence electrons. The molecule has 0 unspecified atom stereocenters. The van der Waals surface area contributed by atoms with Crippen LogP contribution in [0.2, 0.25) is 0 Å². The SMILES string of the molecule is FC(F)Cn1ncc2ncc(N3CCC(Oc4cccc(C(F)(F)F)n4)CC3)nc21. The first-order chi connectivity index (χ1) is 14.3. The number of anilines is 1. The van der Waals surface area contributed by atoms with E-state index < -0.39 is 24.8 Å². The monoisotopic (exact) mass is 428 g/mol. The molecule has 0 saturated carbocycles. The van der Waals surface area contributed by atoms with E-state index >= 15 is 0 Å². The highest BCUT2D eigenvalue weighted by Gasteiger charge is 2.33. The van der Waals surface area contributed by atoms with E-state index in [4.69, 9.17) is 4.74 Å². The van der Waals surface area contributed by atoms with Gasteiger partial charge in [0.2, 0.25) is 5.88 Å². The fraction of sp³-hybridized carbons (Fsp3) is 0.444. The quantitative estimate of drug-likeness (QED) is 0.579. The molecule has 4 heterocycles. The first kappa shape index (κ1) is 20.2. The van der Waals surface area contributed by atoms with Crippen LogP contribution in [0.5, 0.6) is 5.88 Å². The molecule has 0 atom stereocenters. The third kappa shape index (κ3) is 4.41. The minimum absolute atomic E-state index is 0.0691. The summed E-state index contributed by atoms with van der Waals surface area (Å²) in [4.78, 5) is 14.1. The Balaban J connectivity index is 1.41. The number of pyridine rings is 1. The minimum atomic E-state index is -4.53. The van der Waals surface area contributed by atoms with Crippen LogP contribution in [0, 0.1) is 0 Å². The smallest absolute Gasteiger partial charge is 0.433 e. The summed E-state index contributed by atoms with van der Waals surface area (Å²) in [5, 5.41) is 3.89. The standard InChI is InChI=1S/C18H17F5N6O/c19-14(20)10-29-17-12(8-25-29)24-9-15(27-17)28-6-4-11(5-7-28)30-16-3-1-2-13(26-16)18(21,22)23/h1-3,8-9,11,14H,4-7,10H2. The summed E-state index contributed by atoms with van der Waals surface area (Å²) in [6.07, 6.45) is -3.38. The lowest BCUT2D eigenvalue weighted by Gasteiger charge is -2.32. The van der Waals surface area contributed by atoms with Gasteiger partial charge in [-0.3, -0.25) is 0 Å². The summed E-state index contributed by atoms with van der Waals surface area (Å²) in [6, 6.07) is 3.54. The fourth-order valence-corrected chi connectivity index (χ4v) is 3.27. The Bertz CT molecular complexity index is 1020. The van der Waals surface area contributed by atoms with Crippen molar-refractivity contribution in [2.45, 2.75) is 38.1 Å². The number of rotatable bonds is 5. The number of hydrogen-bond acceptors (Lipinski definition) is 6. The van der Waals surface area contributed by atoms with E-state index in [9.17, 15) is 22.0 Å². The van der Waals surface area contributed by atoms with E-state index in [2.05, 4.69) is 20.1 Å². The second-order valence-corrected chi connectivity index (χ2v) is 6.82. The fourth-order valence-electron chi connectivity index (χ4n) is 3.27. The molecule has 0 spiro atoms. The maximum Gasteiger partial charge on any atom is 0.433 e. The number of alkyl halides is 5. The van der Waals surface area contributed by atoms with Crippen molar-refractivity contribution in [2.24, 2.45) is 0 Å². The lowest BCUT2D eigenvalue weighted by Crippen LogP contribution is -2.39. The van der Waals surface area contributed by atoms with Crippen LogP contribution in [0.4, 0.5) is 27.8 Å². The Labute approximate surface area is 167 Å². The van der Waals surface area contributed by atoms with Crippen LogP contribution >= 0.6 is 0 Å². The summed E-state index contributed by atoms with van der Waals surface area (Å²) in [7, 11) is 0. The van der Waals surface area contributed by atoms with Crippen LogP contribution in [0.1, 0.15) is 18.5 Å². The molecule has 3 aromatic rings. The number of piperidine rings is 1. The molecular weight excluding hydrogens is 411 g/mol. The van der Waals surface area contributed by atoms with E-state index in [1.54, 1.807) is 6.20 Å². The zero-order valence-electron chi connectivity index (χ0n) is 15.6. The molecule has 7 nitrogen and oxygen atoms in total. The van der Waals surface area contributed by atoms with Gasteiger partial charge in [-0.1, -0.05) is 6.07 Å². The molecule has 0 aliphatic carbocycles. The molecule has 30 heavy (non-hydrogen) atoms. The molecule has 0 amide bonds. The molecule has 4 rings (SSSR count). The van der Waals surface area contributed by atoms with Gasteiger partial charge in [0.05, 0.1) is 12.4 Å². The van der Waals surface area contributed by atoms with Crippen molar-refractivity contribution >= 4 is 17.0 Å². The van der Waals surface area contributed by atoms with Gasteiger partial charge in [-0.2, -0.15) is 18.3 Å². The highest BCUT2D eigenvalue weighted by atomic mass is 19.4. The van der Waals surface area contributed by atoms with Crippen LogP contribution in [-0.4, -0.2) is 50.4 Å². The van der Waals surface area contributed by atoms with Gasteiger partial charge < -0.3 is 9.64 Å². The first-order valence-corrected chi connectivity index (χ1v) is 9.22. The Morgan fingerprint density at radius 2 is 1.87 bits per heavy atom. The van der Waals surface area contributed by atoms with Crippen LogP contribution in [0.15, 0.2) is 30.6 Å². The van der Waals surface area contributed by atoms with Crippen molar-refractivity contribution < 1.29 is 26.7 Å². The van der Waals surface area contributed by atoms with Gasteiger partial charge in [-0.05, 0) is 6.07 Å². The Morgan fingerprint density at radius 3 is 2.57 bits per heavy atom. The largest absolute Gasteiger partial charge is 0.474 e. The molecule has 0 bridgehead atoms. The summed E-state index contributed by atoms with van der Waals surface area (Å²) in [5.74, 6) is 0.453. The molecule has 0 aromatic carbocycles. The van der Waals surface area contributed by atoms with E-state index in [0.29, 0.717) is 37.3 Å². The zero-order chi connectivity index (χ0) is 21.3. The summed E-state index contributed by atoms with van der Waals surface area (Å²) >= 11 is 0. The number of nitrogens with zero attached hydrogens (tertiary/aromatic N) is 6. The maximum absolute atomic E-state index is 12.8. The first-order valence-electron chi connectivity index (χ1n) is 9.22. The summed E-state index contributed by atoms with van der Waals surface area (Å²) in [5.41, 5.74) is -0.297. The molecule has 1 aliphatic rings. The molecule has 1 saturated heterocycles.